The molecule has 6 amide bonds. The van der Waals surface area contributed by atoms with E-state index in [1.807, 2.05) is 0 Å². The Morgan fingerprint density at radius 1 is 1.12 bits per heavy atom. The fourth-order valence-electron chi connectivity index (χ4n) is 3.33. The zero-order chi connectivity index (χ0) is 23.4. The minimum absolute atomic E-state index is 0.00423. The number of nitrogens with zero attached hydrogens (tertiary/aromatic N) is 2. The molecule has 0 bridgehead atoms. The van der Waals surface area contributed by atoms with Gasteiger partial charge in [-0.05, 0) is 12.5 Å². The number of carbonyl (C=O) groups is 6. The van der Waals surface area contributed by atoms with Gasteiger partial charge in [0.1, 0.15) is 17.5 Å². The largest absolute Gasteiger partial charge is 0.340 e. The van der Waals surface area contributed by atoms with Gasteiger partial charge in [-0.25, -0.2) is 4.79 Å². The third-order valence-corrected chi connectivity index (χ3v) is 6.03. The molecule has 2 aliphatic heterocycles. The first-order chi connectivity index (χ1) is 15.2. The topological polar surface area (TPSA) is 145 Å². The van der Waals surface area contributed by atoms with Crippen molar-refractivity contribution in [3.63, 3.8) is 0 Å². The van der Waals surface area contributed by atoms with E-state index in [4.69, 9.17) is 0 Å². The maximum Gasteiger partial charge on any atom is 0.325 e. The second kappa shape index (κ2) is 9.81. The van der Waals surface area contributed by atoms with Crippen LogP contribution in [0.25, 0.3) is 0 Å². The van der Waals surface area contributed by atoms with Gasteiger partial charge in [-0.15, -0.1) is 0 Å². The van der Waals surface area contributed by atoms with Gasteiger partial charge < -0.3 is 20.9 Å². The summed E-state index contributed by atoms with van der Waals surface area (Å²) in [4.78, 5) is 75.6. The molecule has 1 unspecified atom stereocenters. The molecule has 0 aliphatic carbocycles. The lowest BCUT2D eigenvalue weighted by atomic mass is 10.0. The van der Waals surface area contributed by atoms with Gasteiger partial charge in [0, 0.05) is 26.6 Å². The van der Waals surface area contributed by atoms with Gasteiger partial charge in [-0.3, -0.25) is 28.9 Å². The summed E-state index contributed by atoms with van der Waals surface area (Å²) in [5.74, 6) is -2.90. The molecule has 3 atom stereocenters. The molecule has 0 aromatic heterocycles. The highest BCUT2D eigenvalue weighted by atomic mass is 32.2. The van der Waals surface area contributed by atoms with Crippen LogP contribution >= 0.6 is 11.8 Å². The number of thioether (sulfide) groups is 1. The van der Waals surface area contributed by atoms with Crippen LogP contribution in [-0.4, -0.2) is 75.6 Å². The van der Waals surface area contributed by atoms with E-state index in [1.165, 1.54) is 11.8 Å². The van der Waals surface area contributed by atoms with Crippen molar-refractivity contribution in [3.8, 4) is 0 Å². The fraction of sp³-hybridized carbons (Fsp3) is 0.400. The molecule has 1 aromatic rings. The zero-order valence-corrected chi connectivity index (χ0v) is 18.3. The van der Waals surface area contributed by atoms with Gasteiger partial charge in [-0.2, -0.15) is 0 Å². The number of nitrogens with one attached hydrogen (secondary N) is 3. The van der Waals surface area contributed by atoms with Crippen LogP contribution in [0.4, 0.5) is 4.79 Å². The number of carbonyl (C=O) groups excluding carboxylic acids is 6. The molecule has 1 aromatic carbocycles. The minimum atomic E-state index is -1.23. The smallest absolute Gasteiger partial charge is 0.325 e. The van der Waals surface area contributed by atoms with Gasteiger partial charge in [0.25, 0.3) is 0 Å². The molecule has 0 radical (unpaired) electrons. The van der Waals surface area contributed by atoms with Gasteiger partial charge in [0.05, 0.1) is 0 Å². The molecule has 0 spiro atoms. The first-order valence-electron chi connectivity index (χ1n) is 9.97. The Morgan fingerprint density at radius 2 is 1.81 bits per heavy atom. The number of imide groups is 1. The molecule has 0 saturated carbocycles. The van der Waals surface area contributed by atoms with Crippen molar-refractivity contribution >= 4 is 46.5 Å². The number of β-lactam (4-membered cyclic amide) rings is 1. The molecule has 2 saturated heterocycles. The summed E-state index contributed by atoms with van der Waals surface area (Å²) in [5, 5.41) is 6.72. The summed E-state index contributed by atoms with van der Waals surface area (Å²) in [6, 6.07) is 5.20. The predicted molar refractivity (Wildman–Crippen MR) is 114 cm³/mol. The van der Waals surface area contributed by atoms with Crippen LogP contribution < -0.4 is 16.0 Å². The van der Waals surface area contributed by atoms with Gasteiger partial charge >= 0.3 is 17.8 Å². The number of hydrogen-bond donors (Lipinski definition) is 3. The third-order valence-electron chi connectivity index (χ3n) is 5.06. The molecule has 170 valence electrons. The van der Waals surface area contributed by atoms with E-state index >= 15 is 0 Å². The Bertz CT molecular complexity index is 955. The van der Waals surface area contributed by atoms with Crippen LogP contribution in [0.3, 0.4) is 0 Å². The first-order valence-corrected chi connectivity index (χ1v) is 10.8. The molecule has 12 heteroatoms. The number of amides is 6. The highest BCUT2D eigenvalue weighted by Crippen LogP contribution is 2.22. The standard InChI is InChI=1S/C20H23N5O6S/c1-3-24-9-10-25(19(30)18(24)29)20(31)22-13(12-7-5-4-6-8-12)15(27)21-14-16(28)23-17(14)32-11(2)26/h4-8,13-14,17H,3,9-10H2,1-2H3,(H,21,27)(H,22,31)(H,23,28)/t13?,14-,17+/m1/s1. The van der Waals surface area contributed by atoms with E-state index in [0.29, 0.717) is 12.1 Å². The second-order valence-electron chi connectivity index (χ2n) is 7.16. The number of urea groups is 1. The van der Waals surface area contributed by atoms with Crippen molar-refractivity contribution in [2.24, 2.45) is 0 Å². The highest BCUT2D eigenvalue weighted by molar-refractivity contribution is 8.14. The van der Waals surface area contributed by atoms with E-state index in [2.05, 4.69) is 16.0 Å². The molecule has 3 N–H and O–H groups in total. The number of hydrogen-bond acceptors (Lipinski definition) is 7. The summed E-state index contributed by atoms with van der Waals surface area (Å²) in [6.45, 7) is 3.61. The second-order valence-corrected chi connectivity index (χ2v) is 8.48. The van der Waals surface area contributed by atoms with Crippen molar-refractivity contribution in [1.29, 1.82) is 0 Å². The van der Waals surface area contributed by atoms with Gasteiger partial charge in [-0.1, -0.05) is 42.1 Å². The van der Waals surface area contributed by atoms with E-state index in [-0.39, 0.29) is 18.2 Å². The van der Waals surface area contributed by atoms with Crippen molar-refractivity contribution in [2.75, 3.05) is 19.6 Å². The Hall–Kier alpha value is -3.41. The normalized spacial score (nSPS) is 21.4. The molecule has 11 nitrogen and oxygen atoms in total. The lowest BCUT2D eigenvalue weighted by Gasteiger charge is -2.37. The molecule has 2 aliphatic rings. The molecule has 32 heavy (non-hydrogen) atoms. The lowest BCUT2D eigenvalue weighted by Crippen LogP contribution is -2.68. The Labute approximate surface area is 188 Å². The Balaban J connectivity index is 1.75. The first kappa shape index (κ1) is 23.3. The summed E-state index contributed by atoms with van der Waals surface area (Å²) in [6.07, 6.45) is 0. The number of piperazine rings is 1. The van der Waals surface area contributed by atoms with Crippen LogP contribution in [0.15, 0.2) is 30.3 Å². The van der Waals surface area contributed by atoms with Gasteiger partial charge in [0.15, 0.2) is 5.12 Å². The lowest BCUT2D eigenvalue weighted by molar-refractivity contribution is -0.153. The van der Waals surface area contributed by atoms with Crippen molar-refractivity contribution in [2.45, 2.75) is 31.3 Å². The summed E-state index contributed by atoms with van der Waals surface area (Å²) < 4.78 is 0. The van der Waals surface area contributed by atoms with E-state index in [9.17, 15) is 28.8 Å². The van der Waals surface area contributed by atoms with Crippen molar-refractivity contribution in [1.82, 2.24) is 25.8 Å². The summed E-state index contributed by atoms with van der Waals surface area (Å²) >= 11 is 0.874. The van der Waals surface area contributed by atoms with Crippen LogP contribution in [0.2, 0.25) is 0 Å². The van der Waals surface area contributed by atoms with Crippen LogP contribution in [-0.2, 0) is 24.0 Å². The maximum atomic E-state index is 13.0. The Morgan fingerprint density at radius 3 is 2.41 bits per heavy atom. The SMILES string of the molecule is CCN1CCN(C(=O)NC(C(=O)N[C@@H]2C(=O)N[C@H]2SC(C)=O)c2ccccc2)C(=O)C1=O. The zero-order valence-electron chi connectivity index (χ0n) is 17.5. The monoisotopic (exact) mass is 461 g/mol. The van der Waals surface area contributed by atoms with E-state index < -0.39 is 47.1 Å². The van der Waals surface area contributed by atoms with Crippen LogP contribution in [0, 0.1) is 0 Å². The van der Waals surface area contributed by atoms with E-state index in [1.54, 1.807) is 37.3 Å². The minimum Gasteiger partial charge on any atom is -0.340 e. The quantitative estimate of drug-likeness (QED) is 0.377. The maximum absolute atomic E-state index is 13.0. The van der Waals surface area contributed by atoms with Crippen LogP contribution in [0.5, 0.6) is 0 Å². The van der Waals surface area contributed by atoms with Crippen LogP contribution in [0.1, 0.15) is 25.5 Å². The molecule has 3 rings (SSSR count). The fourth-order valence-corrected chi connectivity index (χ4v) is 4.19. The Kier molecular flexibility index (Phi) is 7.13. The molecule has 2 fully saturated rings. The van der Waals surface area contributed by atoms with Crippen molar-refractivity contribution < 1.29 is 28.8 Å². The molecular weight excluding hydrogens is 438 g/mol. The van der Waals surface area contributed by atoms with Gasteiger partial charge in [0.2, 0.25) is 11.8 Å². The number of likely N-dealkylation sites (N-methyl/N-ethyl adjacent to an activating group) is 1. The highest BCUT2D eigenvalue weighted by Gasteiger charge is 2.43. The number of benzene rings is 1. The third kappa shape index (κ3) is 4.90. The molecular formula is C20H23N5O6S. The average Bonchev–Trinajstić information content (AvgIpc) is 2.77. The summed E-state index contributed by atoms with van der Waals surface area (Å²) in [5.41, 5.74) is 0.417. The molecule has 2 heterocycles. The summed E-state index contributed by atoms with van der Waals surface area (Å²) in [7, 11) is 0. The van der Waals surface area contributed by atoms with Crippen molar-refractivity contribution in [3.05, 3.63) is 35.9 Å². The predicted octanol–water partition coefficient (Wildman–Crippen LogP) is -0.652. The number of rotatable bonds is 6. The van der Waals surface area contributed by atoms with E-state index in [0.717, 1.165) is 16.7 Å². The average molecular weight is 462 g/mol.